The van der Waals surface area contributed by atoms with Gasteiger partial charge in [-0.3, -0.25) is 15.1 Å². The van der Waals surface area contributed by atoms with Gasteiger partial charge in [0.25, 0.3) is 5.69 Å². The molecule has 0 aliphatic carbocycles. The molecule has 1 aromatic heterocycles. The van der Waals surface area contributed by atoms with Gasteiger partial charge < -0.3 is 18.8 Å². The number of hydrogen-bond donors (Lipinski definition) is 0. The molecule has 8 heteroatoms. The van der Waals surface area contributed by atoms with Crippen molar-refractivity contribution in [3.05, 3.63) is 69.5 Å². The summed E-state index contributed by atoms with van der Waals surface area (Å²) in [6, 6.07) is 12.0. The number of nitrogens with zero attached hydrogens (tertiary/aromatic N) is 3. The van der Waals surface area contributed by atoms with E-state index in [4.69, 9.17) is 14.2 Å². The molecule has 0 radical (unpaired) electrons. The van der Waals surface area contributed by atoms with Gasteiger partial charge in [0.05, 0.1) is 23.4 Å². The van der Waals surface area contributed by atoms with Gasteiger partial charge in [0.2, 0.25) is 6.79 Å². The minimum atomic E-state index is -0.418. The zero-order valence-corrected chi connectivity index (χ0v) is 16.2. The number of ether oxygens (including phenoxy) is 3. The minimum Gasteiger partial charge on any atom is -0.495 e. The molecule has 2 heterocycles. The van der Waals surface area contributed by atoms with Gasteiger partial charge in [-0.2, -0.15) is 0 Å². The van der Waals surface area contributed by atoms with Crippen molar-refractivity contribution in [2.24, 2.45) is 4.99 Å². The highest BCUT2D eigenvalue weighted by Gasteiger charge is 2.18. The van der Waals surface area contributed by atoms with Gasteiger partial charge in [0.15, 0.2) is 11.5 Å². The van der Waals surface area contributed by atoms with Crippen LogP contribution in [0, 0.1) is 24.0 Å². The first-order valence-electron chi connectivity index (χ1n) is 8.93. The number of nitro benzene ring substituents is 1. The number of aryl methyl sites for hydroxylation is 1. The van der Waals surface area contributed by atoms with Crippen LogP contribution in [0.15, 0.2) is 47.5 Å². The maximum Gasteiger partial charge on any atom is 0.271 e. The van der Waals surface area contributed by atoms with E-state index in [0.717, 1.165) is 22.6 Å². The van der Waals surface area contributed by atoms with E-state index in [9.17, 15) is 10.1 Å². The predicted molar refractivity (Wildman–Crippen MR) is 108 cm³/mol. The van der Waals surface area contributed by atoms with Gasteiger partial charge in [0, 0.05) is 41.4 Å². The maximum atomic E-state index is 11.2. The number of nitro groups is 1. The molecule has 8 nitrogen and oxygen atoms in total. The predicted octanol–water partition coefficient (Wildman–Crippen LogP) is 4.49. The topological polar surface area (TPSA) is 88.1 Å². The smallest absolute Gasteiger partial charge is 0.271 e. The van der Waals surface area contributed by atoms with E-state index in [2.05, 4.69) is 4.99 Å². The Kier molecular flexibility index (Phi) is 4.67. The van der Waals surface area contributed by atoms with Crippen molar-refractivity contribution >= 4 is 17.6 Å². The molecule has 1 aliphatic heterocycles. The lowest BCUT2D eigenvalue weighted by Gasteiger charge is -2.13. The Labute approximate surface area is 167 Å². The second-order valence-corrected chi connectivity index (χ2v) is 6.57. The lowest BCUT2D eigenvalue weighted by molar-refractivity contribution is -0.384. The van der Waals surface area contributed by atoms with Crippen LogP contribution in [-0.2, 0) is 0 Å². The average Bonchev–Trinajstić information content (AvgIpc) is 3.29. The Balaban J connectivity index is 1.72. The molecule has 1 aliphatic rings. The summed E-state index contributed by atoms with van der Waals surface area (Å²) < 4.78 is 18.0. The first-order valence-corrected chi connectivity index (χ1v) is 8.93. The molecule has 29 heavy (non-hydrogen) atoms. The highest BCUT2D eigenvalue weighted by Crippen LogP contribution is 2.35. The normalized spacial score (nSPS) is 12.5. The van der Waals surface area contributed by atoms with Crippen molar-refractivity contribution in [2.45, 2.75) is 13.8 Å². The summed E-state index contributed by atoms with van der Waals surface area (Å²) in [7, 11) is 1.54. The largest absolute Gasteiger partial charge is 0.495 e. The number of hydrogen-bond acceptors (Lipinski definition) is 6. The van der Waals surface area contributed by atoms with E-state index in [0.29, 0.717) is 22.9 Å². The lowest BCUT2D eigenvalue weighted by atomic mass is 10.2. The number of benzene rings is 2. The summed E-state index contributed by atoms with van der Waals surface area (Å²) in [4.78, 5) is 15.3. The van der Waals surface area contributed by atoms with Crippen LogP contribution in [0.4, 0.5) is 11.4 Å². The first kappa shape index (κ1) is 18.5. The molecule has 0 spiro atoms. The Morgan fingerprint density at radius 1 is 1.14 bits per heavy atom. The van der Waals surface area contributed by atoms with E-state index in [1.54, 1.807) is 19.4 Å². The molecule has 0 unspecified atom stereocenters. The van der Waals surface area contributed by atoms with Gasteiger partial charge in [-0.05, 0) is 38.1 Å². The zero-order chi connectivity index (χ0) is 20.5. The summed E-state index contributed by atoms with van der Waals surface area (Å²) in [5, 5.41) is 11.2. The number of fused-ring (bicyclic) bond motifs is 1. The molecule has 4 rings (SSSR count). The molecule has 2 aromatic carbocycles. The van der Waals surface area contributed by atoms with Crippen LogP contribution in [0.1, 0.15) is 17.0 Å². The Bertz CT molecular complexity index is 1130. The van der Waals surface area contributed by atoms with Gasteiger partial charge >= 0.3 is 0 Å². The molecule has 0 fully saturated rings. The fraction of sp³-hybridized carbons (Fsp3) is 0.190. The van der Waals surface area contributed by atoms with Crippen molar-refractivity contribution in [1.82, 2.24) is 4.57 Å². The minimum absolute atomic E-state index is 0.00359. The summed E-state index contributed by atoms with van der Waals surface area (Å²) >= 11 is 0. The first-order chi connectivity index (χ1) is 14.0. The Morgan fingerprint density at radius 3 is 2.69 bits per heavy atom. The number of rotatable bonds is 5. The van der Waals surface area contributed by atoms with Gasteiger partial charge in [0.1, 0.15) is 5.75 Å². The monoisotopic (exact) mass is 393 g/mol. The number of methoxy groups -OCH3 is 1. The van der Waals surface area contributed by atoms with Gasteiger partial charge in [-0.15, -0.1) is 0 Å². The van der Waals surface area contributed by atoms with Crippen LogP contribution in [0.2, 0.25) is 0 Å². The molecule has 0 saturated heterocycles. The fourth-order valence-electron chi connectivity index (χ4n) is 3.37. The third kappa shape index (κ3) is 3.40. The van der Waals surface area contributed by atoms with E-state index < -0.39 is 4.92 Å². The van der Waals surface area contributed by atoms with Crippen LogP contribution in [0.3, 0.4) is 0 Å². The molecule has 0 atom stereocenters. The van der Waals surface area contributed by atoms with E-state index >= 15 is 0 Å². The molecule has 0 saturated carbocycles. The highest BCUT2D eigenvalue weighted by atomic mass is 16.7. The molecule has 0 amide bonds. The molecule has 148 valence electrons. The van der Waals surface area contributed by atoms with Crippen molar-refractivity contribution in [1.29, 1.82) is 0 Å². The van der Waals surface area contributed by atoms with Crippen molar-refractivity contribution in [3.8, 4) is 22.9 Å². The number of aromatic nitrogens is 1. The third-order valence-corrected chi connectivity index (χ3v) is 4.79. The van der Waals surface area contributed by atoms with Gasteiger partial charge in [-0.1, -0.05) is 0 Å². The van der Waals surface area contributed by atoms with Crippen LogP contribution < -0.4 is 14.2 Å². The SMILES string of the molecule is COc1ccc([N+](=O)[O-])cc1-n1c(C)cc(C=Nc2ccc3c(c2)OCO3)c1C. The van der Waals surface area contributed by atoms with Crippen molar-refractivity contribution in [3.63, 3.8) is 0 Å². The van der Waals surface area contributed by atoms with Crippen molar-refractivity contribution in [2.75, 3.05) is 13.9 Å². The van der Waals surface area contributed by atoms with Gasteiger partial charge in [-0.25, -0.2) is 0 Å². The average molecular weight is 393 g/mol. The van der Waals surface area contributed by atoms with Crippen LogP contribution in [0.25, 0.3) is 5.69 Å². The molecule has 3 aromatic rings. The summed E-state index contributed by atoms with van der Waals surface area (Å²) in [6.45, 7) is 4.09. The Morgan fingerprint density at radius 2 is 1.93 bits per heavy atom. The van der Waals surface area contributed by atoms with E-state index in [1.165, 1.54) is 12.1 Å². The number of non-ortho nitro benzene ring substituents is 1. The zero-order valence-electron chi connectivity index (χ0n) is 16.2. The van der Waals surface area contributed by atoms with Crippen molar-refractivity contribution < 1.29 is 19.1 Å². The van der Waals surface area contributed by atoms with E-state index in [-0.39, 0.29) is 12.5 Å². The van der Waals surface area contributed by atoms with Crippen LogP contribution in [0.5, 0.6) is 17.2 Å². The summed E-state index contributed by atoms with van der Waals surface area (Å²) in [5.74, 6) is 1.93. The second kappa shape index (κ2) is 7.31. The number of aliphatic imine (C=N–C) groups is 1. The summed E-state index contributed by atoms with van der Waals surface area (Å²) in [6.07, 6.45) is 1.76. The van der Waals surface area contributed by atoms with E-state index in [1.807, 2.05) is 42.7 Å². The summed E-state index contributed by atoms with van der Waals surface area (Å²) in [5.41, 5.74) is 4.06. The Hall–Kier alpha value is -3.81. The molecule has 0 N–H and O–H groups in total. The lowest BCUT2D eigenvalue weighted by Crippen LogP contribution is -2.03. The standard InChI is InChI=1S/C21H19N3O5/c1-13-8-15(11-22-16-4-6-20-21(9-16)29-12-28-20)14(2)23(13)18-10-17(24(25)26)5-7-19(18)27-3/h4-11H,12H2,1-3H3. The molecular formula is C21H19N3O5. The fourth-order valence-corrected chi connectivity index (χ4v) is 3.37. The second-order valence-electron chi connectivity index (χ2n) is 6.57. The van der Waals surface area contributed by atoms with Crippen LogP contribution in [-0.4, -0.2) is 29.6 Å². The quantitative estimate of drug-likeness (QED) is 0.362. The van der Waals surface area contributed by atoms with Crippen LogP contribution >= 0.6 is 0 Å². The molecular weight excluding hydrogens is 374 g/mol. The highest BCUT2D eigenvalue weighted by molar-refractivity contribution is 5.84. The third-order valence-electron chi connectivity index (χ3n) is 4.79. The maximum absolute atomic E-state index is 11.2. The molecule has 0 bridgehead atoms.